The zero-order chi connectivity index (χ0) is 23.1. The van der Waals surface area contributed by atoms with Crippen LogP contribution in [0.2, 0.25) is 5.02 Å². The highest BCUT2D eigenvalue weighted by Crippen LogP contribution is 2.25. The van der Waals surface area contributed by atoms with Gasteiger partial charge in [-0.15, -0.1) is 0 Å². The monoisotopic (exact) mass is 455 g/mol. The average Bonchev–Trinajstić information content (AvgIpc) is 2.80. The first kappa shape index (κ1) is 23.8. The van der Waals surface area contributed by atoms with Crippen LogP contribution < -0.4 is 15.5 Å². The van der Waals surface area contributed by atoms with E-state index >= 15 is 0 Å². The maximum Gasteiger partial charge on any atom is 0.280 e. The van der Waals surface area contributed by atoms with E-state index in [4.69, 9.17) is 16.3 Å². The predicted octanol–water partition coefficient (Wildman–Crippen LogP) is 5.47. The molecule has 2 aromatic rings. The van der Waals surface area contributed by atoms with Crippen molar-refractivity contribution < 1.29 is 14.3 Å². The molecule has 1 fully saturated rings. The molecule has 2 amide bonds. The van der Waals surface area contributed by atoms with Crippen LogP contribution in [-0.4, -0.2) is 23.6 Å². The summed E-state index contributed by atoms with van der Waals surface area (Å²) in [5.41, 5.74) is 5.67. The Balaban J connectivity index is 1.53. The van der Waals surface area contributed by atoms with E-state index in [-0.39, 0.29) is 17.7 Å². The van der Waals surface area contributed by atoms with Gasteiger partial charge in [0.05, 0.1) is 5.71 Å². The van der Waals surface area contributed by atoms with E-state index in [2.05, 4.69) is 15.8 Å². The van der Waals surface area contributed by atoms with Gasteiger partial charge in [0.15, 0.2) is 6.10 Å². The van der Waals surface area contributed by atoms with Crippen LogP contribution in [0.3, 0.4) is 0 Å². The highest BCUT2D eigenvalue weighted by Gasteiger charge is 2.21. The number of hydrazone groups is 1. The summed E-state index contributed by atoms with van der Waals surface area (Å²) in [6.07, 6.45) is 4.69. The number of carbonyl (C=O) groups is 2. The molecular weight excluding hydrogens is 426 g/mol. The number of nitrogens with zero attached hydrogens (tertiary/aromatic N) is 1. The number of carbonyl (C=O) groups excluding carboxylic acids is 2. The van der Waals surface area contributed by atoms with Gasteiger partial charge < -0.3 is 10.1 Å². The van der Waals surface area contributed by atoms with Crippen molar-refractivity contribution in [3.8, 4) is 5.75 Å². The van der Waals surface area contributed by atoms with Crippen molar-refractivity contribution in [2.45, 2.75) is 59.0 Å². The summed E-state index contributed by atoms with van der Waals surface area (Å²) in [5, 5.41) is 7.80. The Bertz CT molecular complexity index is 982. The minimum atomic E-state index is -0.719. The van der Waals surface area contributed by atoms with E-state index in [1.165, 1.54) is 6.42 Å². The number of nitrogens with one attached hydrogen (secondary N) is 2. The van der Waals surface area contributed by atoms with Crippen LogP contribution in [0.15, 0.2) is 47.6 Å². The molecule has 1 saturated carbocycles. The topological polar surface area (TPSA) is 79.8 Å². The number of anilines is 1. The highest BCUT2D eigenvalue weighted by molar-refractivity contribution is 6.30. The summed E-state index contributed by atoms with van der Waals surface area (Å²) in [5.74, 6) is 0.460. The molecule has 0 aromatic heterocycles. The van der Waals surface area contributed by atoms with Crippen molar-refractivity contribution in [2.75, 3.05) is 5.32 Å². The lowest BCUT2D eigenvalue weighted by Crippen LogP contribution is -2.34. The lowest BCUT2D eigenvalue weighted by atomic mass is 9.88. The Hall–Kier alpha value is -2.86. The molecule has 1 aliphatic carbocycles. The number of ether oxygens (including phenoxy) is 1. The minimum Gasteiger partial charge on any atom is -0.481 e. The molecule has 0 spiro atoms. The van der Waals surface area contributed by atoms with Crippen molar-refractivity contribution in [2.24, 2.45) is 11.0 Å². The summed E-state index contributed by atoms with van der Waals surface area (Å²) in [6, 6.07) is 12.7. The van der Waals surface area contributed by atoms with Gasteiger partial charge in [0.1, 0.15) is 5.75 Å². The first-order chi connectivity index (χ1) is 15.3. The van der Waals surface area contributed by atoms with Gasteiger partial charge in [-0.25, -0.2) is 5.43 Å². The maximum absolute atomic E-state index is 12.4. The Morgan fingerprint density at radius 3 is 2.44 bits per heavy atom. The molecule has 6 nitrogen and oxygen atoms in total. The van der Waals surface area contributed by atoms with Crippen LogP contribution in [0.25, 0.3) is 0 Å². The molecule has 0 radical (unpaired) electrons. The van der Waals surface area contributed by atoms with Gasteiger partial charge in [-0.1, -0.05) is 43.0 Å². The van der Waals surface area contributed by atoms with E-state index in [0.717, 1.165) is 42.5 Å². The molecule has 3 rings (SSSR count). The van der Waals surface area contributed by atoms with Crippen LogP contribution in [0.4, 0.5) is 5.69 Å². The Morgan fingerprint density at radius 2 is 1.78 bits per heavy atom. The number of hydrogen-bond acceptors (Lipinski definition) is 4. The van der Waals surface area contributed by atoms with Crippen molar-refractivity contribution >= 4 is 34.8 Å². The smallest absolute Gasteiger partial charge is 0.280 e. The quantitative estimate of drug-likeness (QED) is 0.428. The molecule has 32 heavy (non-hydrogen) atoms. The maximum atomic E-state index is 12.4. The number of aryl methyl sites for hydroxylation is 1. The molecular formula is C25H30ClN3O3. The second kappa shape index (κ2) is 11.1. The molecule has 0 heterocycles. The third-order valence-corrected chi connectivity index (χ3v) is 5.93. The van der Waals surface area contributed by atoms with E-state index in [1.54, 1.807) is 25.1 Å². The Morgan fingerprint density at radius 1 is 1.09 bits per heavy atom. The summed E-state index contributed by atoms with van der Waals surface area (Å²) < 4.78 is 5.72. The first-order valence-electron chi connectivity index (χ1n) is 11.0. The number of amides is 2. The minimum absolute atomic E-state index is 0.0972. The van der Waals surface area contributed by atoms with Crippen LogP contribution in [0.1, 0.15) is 57.1 Å². The molecule has 0 bridgehead atoms. The fraction of sp³-hybridized carbons (Fsp3) is 0.400. The molecule has 2 N–H and O–H groups in total. The number of hydrogen-bond donors (Lipinski definition) is 2. The normalized spacial score (nSPS) is 15.7. The fourth-order valence-electron chi connectivity index (χ4n) is 3.69. The van der Waals surface area contributed by atoms with Gasteiger partial charge in [0.25, 0.3) is 5.91 Å². The first-order valence-corrected chi connectivity index (χ1v) is 11.4. The van der Waals surface area contributed by atoms with Crippen molar-refractivity contribution in [1.82, 2.24) is 5.43 Å². The molecule has 1 atom stereocenters. The third-order valence-electron chi connectivity index (χ3n) is 5.69. The SMILES string of the molecule is C/C(=N\NC(=O)[C@@H](C)Oc1ccc(Cl)cc1C)c1ccc(NC(=O)C2CCCCC2)cc1. The second-order valence-corrected chi connectivity index (χ2v) is 8.68. The van der Waals surface area contributed by atoms with Crippen molar-refractivity contribution in [3.63, 3.8) is 0 Å². The fourth-order valence-corrected chi connectivity index (χ4v) is 3.91. The number of halogens is 1. The van der Waals surface area contributed by atoms with E-state index in [9.17, 15) is 9.59 Å². The lowest BCUT2D eigenvalue weighted by Gasteiger charge is -2.20. The van der Waals surface area contributed by atoms with Crippen LogP contribution >= 0.6 is 11.6 Å². The Kier molecular flexibility index (Phi) is 8.28. The summed E-state index contributed by atoms with van der Waals surface area (Å²) in [4.78, 5) is 24.8. The summed E-state index contributed by atoms with van der Waals surface area (Å²) in [7, 11) is 0. The van der Waals surface area contributed by atoms with Gasteiger partial charge >= 0.3 is 0 Å². The summed E-state index contributed by atoms with van der Waals surface area (Å²) >= 11 is 5.96. The number of rotatable bonds is 7. The molecule has 0 saturated heterocycles. The molecule has 170 valence electrons. The molecule has 1 aliphatic rings. The largest absolute Gasteiger partial charge is 0.481 e. The van der Waals surface area contributed by atoms with Crippen molar-refractivity contribution in [1.29, 1.82) is 0 Å². The van der Waals surface area contributed by atoms with Gasteiger partial charge in [-0.05, 0) is 75.1 Å². The molecule has 0 aliphatic heterocycles. The molecule has 0 unspecified atom stereocenters. The van der Waals surface area contributed by atoms with Crippen LogP contribution in [0, 0.1) is 12.8 Å². The lowest BCUT2D eigenvalue weighted by molar-refractivity contribution is -0.127. The Labute approximate surface area is 194 Å². The van der Waals surface area contributed by atoms with E-state index in [0.29, 0.717) is 16.5 Å². The van der Waals surface area contributed by atoms with Gasteiger partial charge in [-0.3, -0.25) is 9.59 Å². The third kappa shape index (κ3) is 6.57. The standard InChI is InChI=1S/C25H30ClN3O3/c1-16-15-21(26)11-14-23(16)32-18(3)24(30)29-28-17(2)19-9-12-22(13-10-19)27-25(31)20-7-5-4-6-8-20/h9-15,18,20H,4-8H2,1-3H3,(H,27,31)(H,29,30)/b28-17+/t18-/m1/s1. The van der Waals surface area contributed by atoms with Gasteiger partial charge in [0.2, 0.25) is 5.91 Å². The van der Waals surface area contributed by atoms with Crippen LogP contribution in [-0.2, 0) is 9.59 Å². The zero-order valence-electron chi connectivity index (χ0n) is 18.8. The molecule has 7 heteroatoms. The van der Waals surface area contributed by atoms with Crippen molar-refractivity contribution in [3.05, 3.63) is 58.6 Å². The highest BCUT2D eigenvalue weighted by atomic mass is 35.5. The summed E-state index contributed by atoms with van der Waals surface area (Å²) in [6.45, 7) is 5.35. The predicted molar refractivity (Wildman–Crippen MR) is 128 cm³/mol. The molecule has 2 aromatic carbocycles. The second-order valence-electron chi connectivity index (χ2n) is 8.24. The number of benzene rings is 2. The van der Waals surface area contributed by atoms with Crippen LogP contribution in [0.5, 0.6) is 5.75 Å². The van der Waals surface area contributed by atoms with Gasteiger partial charge in [-0.2, -0.15) is 5.10 Å². The average molecular weight is 456 g/mol. The van der Waals surface area contributed by atoms with E-state index in [1.807, 2.05) is 38.1 Å². The van der Waals surface area contributed by atoms with E-state index < -0.39 is 6.10 Å². The zero-order valence-corrected chi connectivity index (χ0v) is 19.5. The van der Waals surface area contributed by atoms with Gasteiger partial charge in [0, 0.05) is 16.6 Å².